The van der Waals surface area contributed by atoms with Crippen molar-refractivity contribution in [3.05, 3.63) is 0 Å². The second-order valence-corrected chi connectivity index (χ2v) is 5.32. The minimum absolute atomic E-state index is 0. The summed E-state index contributed by atoms with van der Waals surface area (Å²) in [7, 11) is 0. The minimum Gasteiger partial charge on any atom is -1.00 e. The van der Waals surface area contributed by atoms with Crippen LogP contribution >= 0.6 is 0 Å². The largest absolute Gasteiger partial charge is 2.00 e. The Balaban J connectivity index is -0.00000192. The molecule has 0 unspecified atom stereocenters. The molecule has 0 aromatic carbocycles. The first-order chi connectivity index (χ1) is 11.1. The molecule has 0 spiro atoms. The third kappa shape index (κ3) is 8.51. The van der Waals surface area contributed by atoms with Crippen molar-refractivity contribution in [2.75, 3.05) is 13.2 Å². The van der Waals surface area contributed by atoms with Crippen LogP contribution < -0.4 is 34.0 Å². The van der Waals surface area contributed by atoms with Gasteiger partial charge in [0.25, 0.3) is 0 Å². The first-order valence-electron chi connectivity index (χ1n) is 6.99. The number of halogens is 2. The van der Waals surface area contributed by atoms with Gasteiger partial charge in [0.1, 0.15) is 42.7 Å². The Labute approximate surface area is 204 Å². The second-order valence-electron chi connectivity index (χ2n) is 5.32. The van der Waals surface area contributed by atoms with Crippen molar-refractivity contribution in [1.29, 1.82) is 0 Å². The number of carboxylic acid groups (broad SMARTS) is 1. The zero-order valence-electron chi connectivity index (χ0n) is 13.8. The molecule has 0 saturated carbocycles. The number of rotatable bonds is 8. The van der Waals surface area contributed by atoms with E-state index in [2.05, 4.69) is 0 Å². The van der Waals surface area contributed by atoms with Crippen LogP contribution in [0.5, 0.6) is 0 Å². The minimum atomic E-state index is -2.39. The molecule has 27 heavy (non-hydrogen) atoms. The van der Waals surface area contributed by atoms with E-state index < -0.39 is 74.3 Å². The van der Waals surface area contributed by atoms with Crippen molar-refractivity contribution in [3.63, 3.8) is 0 Å². The average molecular weight is 558 g/mol. The summed E-state index contributed by atoms with van der Waals surface area (Å²) in [5.74, 6) is -1.84. The van der Waals surface area contributed by atoms with Gasteiger partial charge in [0, 0.05) is 0 Å². The van der Waals surface area contributed by atoms with E-state index in [-0.39, 0.29) is 71.7 Å². The Hall–Kier alpha value is 1.29. The van der Waals surface area contributed by atoms with Crippen LogP contribution in [0.4, 0.5) is 0 Å². The van der Waals surface area contributed by atoms with E-state index in [9.17, 15) is 35.4 Å². The van der Waals surface area contributed by atoms with Gasteiger partial charge in [0.05, 0.1) is 13.2 Å². The van der Waals surface area contributed by atoms with Gasteiger partial charge in [-0.15, -0.1) is 0 Å². The number of carboxylic acids is 1. The van der Waals surface area contributed by atoms with Crippen LogP contribution in [0.1, 0.15) is 0 Å². The maximum absolute atomic E-state index is 10.7. The number of ether oxygens (including phenoxy) is 2. The summed E-state index contributed by atoms with van der Waals surface area (Å²) in [6.45, 7) is -1.76. The van der Waals surface area contributed by atoms with Crippen LogP contribution in [-0.2, 0) is 14.3 Å². The van der Waals surface area contributed by atoms with Crippen LogP contribution in [0, 0.1) is 0 Å². The van der Waals surface area contributed by atoms with Crippen molar-refractivity contribution < 1.29 is 94.2 Å². The number of aliphatic hydroxyl groups excluding tert-OH is 8. The molecule has 15 heteroatoms. The maximum atomic E-state index is 10.7. The molecule has 1 rings (SSSR count). The Morgan fingerprint density at radius 3 is 1.93 bits per heavy atom. The molecular weight excluding hydrogens is 536 g/mol. The molecule has 158 valence electrons. The van der Waals surface area contributed by atoms with Gasteiger partial charge >= 0.3 is 43.7 Å². The van der Waals surface area contributed by atoms with E-state index in [1.54, 1.807) is 0 Å². The van der Waals surface area contributed by atoms with E-state index in [4.69, 9.17) is 24.8 Å². The van der Waals surface area contributed by atoms with Crippen molar-refractivity contribution in [1.82, 2.24) is 0 Å². The smallest absolute Gasteiger partial charge is 1.00 e. The molecule has 1 aliphatic rings. The summed E-state index contributed by atoms with van der Waals surface area (Å²) in [6, 6.07) is 0. The quantitative estimate of drug-likeness (QED) is 0.127. The molecule has 0 aromatic rings. The van der Waals surface area contributed by atoms with Gasteiger partial charge in [-0.05, 0) is 0 Å². The summed E-state index contributed by atoms with van der Waals surface area (Å²) in [4.78, 5) is 10.7. The summed E-state index contributed by atoms with van der Waals surface area (Å²) >= 11 is 0. The monoisotopic (exact) mass is 556 g/mol. The standard InChI is InChI=1S/C12H22O12.2BrH.Ca/c13-1-3(15)10(7(18)8(19)11(21)22)24-12-9(20)6(17)5(16)4(2-14)23-12;;;/h3-10,12-20H,1-2H2,(H,21,22);2*1H;/q;;;+2/p-2/t3-,4-,5+,6+,7-,8-,9-,10-,12+;;;/m1.../s1. The molecule has 9 atom stereocenters. The van der Waals surface area contributed by atoms with Gasteiger partial charge in [-0.2, -0.15) is 0 Å². The fraction of sp³-hybridized carbons (Fsp3) is 0.917. The molecular formula is C12H22Br2CaO12. The second kappa shape index (κ2) is 15.1. The number of aliphatic carboxylic acids is 1. The van der Waals surface area contributed by atoms with Crippen LogP contribution in [0.15, 0.2) is 0 Å². The van der Waals surface area contributed by atoms with Gasteiger partial charge in [0.15, 0.2) is 12.4 Å². The molecule has 1 fully saturated rings. The molecule has 0 bridgehead atoms. The molecule has 1 aliphatic heterocycles. The summed E-state index contributed by atoms with van der Waals surface area (Å²) in [5, 5.41) is 84.5. The topological polar surface area (TPSA) is 218 Å². The fourth-order valence-electron chi connectivity index (χ4n) is 2.16. The van der Waals surface area contributed by atoms with Crippen LogP contribution in [0.25, 0.3) is 0 Å². The third-order valence-electron chi connectivity index (χ3n) is 3.62. The van der Waals surface area contributed by atoms with Gasteiger partial charge < -0.3 is 89.4 Å². The van der Waals surface area contributed by atoms with E-state index in [1.807, 2.05) is 0 Å². The summed E-state index contributed by atoms with van der Waals surface area (Å²) in [6.07, 6.45) is -16.9. The number of hydrogen-bond donors (Lipinski definition) is 9. The average Bonchev–Trinajstić information content (AvgIpc) is 2.57. The fourth-order valence-corrected chi connectivity index (χ4v) is 2.16. The first kappa shape index (κ1) is 32.9. The number of aliphatic hydroxyl groups is 8. The van der Waals surface area contributed by atoms with Crippen LogP contribution in [0.2, 0.25) is 0 Å². The van der Waals surface area contributed by atoms with Crippen molar-refractivity contribution >= 4 is 43.7 Å². The van der Waals surface area contributed by atoms with Crippen molar-refractivity contribution in [2.24, 2.45) is 0 Å². The van der Waals surface area contributed by atoms with E-state index >= 15 is 0 Å². The van der Waals surface area contributed by atoms with E-state index in [1.165, 1.54) is 0 Å². The number of carbonyl (C=O) groups is 1. The Morgan fingerprint density at radius 2 is 1.52 bits per heavy atom. The molecule has 0 radical (unpaired) electrons. The SMILES string of the molecule is O=C(O)[C@H](O)[C@@H](O)[C@H](O[C@@H]1O[C@H](CO)[C@H](O)[C@H](O)[C@H]1O)[C@H](O)CO.[Br-].[Br-].[Ca+2]. The maximum Gasteiger partial charge on any atom is 2.00 e. The van der Waals surface area contributed by atoms with Gasteiger partial charge in [-0.25, -0.2) is 4.79 Å². The van der Waals surface area contributed by atoms with E-state index in [0.29, 0.717) is 0 Å². The zero-order chi connectivity index (χ0) is 18.6. The molecule has 9 N–H and O–H groups in total. The number of hydrogen-bond acceptors (Lipinski definition) is 11. The Bertz CT molecular complexity index is 420. The Morgan fingerprint density at radius 1 is 1.00 bits per heavy atom. The van der Waals surface area contributed by atoms with Gasteiger partial charge in [0.2, 0.25) is 0 Å². The zero-order valence-corrected chi connectivity index (χ0v) is 19.2. The van der Waals surface area contributed by atoms with Crippen molar-refractivity contribution in [2.45, 2.75) is 55.1 Å². The third-order valence-corrected chi connectivity index (χ3v) is 3.62. The van der Waals surface area contributed by atoms with Gasteiger partial charge in [-0.3, -0.25) is 0 Å². The molecule has 1 heterocycles. The molecule has 12 nitrogen and oxygen atoms in total. The summed E-state index contributed by atoms with van der Waals surface area (Å²) in [5.41, 5.74) is 0. The van der Waals surface area contributed by atoms with Crippen molar-refractivity contribution in [3.8, 4) is 0 Å². The normalized spacial score (nSPS) is 31.9. The Kier molecular flexibility index (Phi) is 18.5. The molecule has 0 amide bonds. The molecule has 0 aromatic heterocycles. The summed E-state index contributed by atoms with van der Waals surface area (Å²) < 4.78 is 9.98. The first-order valence-corrected chi connectivity index (χ1v) is 6.99. The van der Waals surface area contributed by atoms with E-state index in [0.717, 1.165) is 0 Å². The van der Waals surface area contributed by atoms with Gasteiger partial charge in [-0.1, -0.05) is 0 Å². The molecule has 0 aliphatic carbocycles. The molecule has 1 saturated heterocycles. The predicted octanol–water partition coefficient (Wildman–Crippen LogP) is -12.0. The predicted molar refractivity (Wildman–Crippen MR) is 77.1 cm³/mol. The van der Waals surface area contributed by atoms with Crippen LogP contribution in [0.3, 0.4) is 0 Å². The van der Waals surface area contributed by atoms with Crippen LogP contribution in [-0.4, -0.2) is 158 Å².